The lowest BCUT2D eigenvalue weighted by Crippen LogP contribution is -2.22. The van der Waals surface area contributed by atoms with Crippen LogP contribution in [0.3, 0.4) is 0 Å². The van der Waals surface area contributed by atoms with Crippen molar-refractivity contribution in [3.05, 3.63) is 65.2 Å². The average Bonchev–Trinajstić information content (AvgIpc) is 3.29. The van der Waals surface area contributed by atoms with Crippen molar-refractivity contribution >= 4 is 22.5 Å². The zero-order chi connectivity index (χ0) is 20.8. The summed E-state index contributed by atoms with van der Waals surface area (Å²) in [5.74, 6) is 0.515. The number of amides is 1. The number of para-hydroxylation sites is 3. The van der Waals surface area contributed by atoms with E-state index >= 15 is 0 Å². The lowest BCUT2D eigenvalue weighted by Gasteiger charge is -2.15. The van der Waals surface area contributed by atoms with Crippen molar-refractivity contribution in [2.45, 2.75) is 38.3 Å². The van der Waals surface area contributed by atoms with Gasteiger partial charge in [0.05, 0.1) is 29.0 Å². The van der Waals surface area contributed by atoms with Gasteiger partial charge in [-0.25, -0.2) is 4.98 Å². The van der Waals surface area contributed by atoms with Gasteiger partial charge in [0, 0.05) is 19.6 Å². The molecule has 0 aliphatic carbocycles. The summed E-state index contributed by atoms with van der Waals surface area (Å²) in [5.41, 5.74) is 1.23. The molecule has 1 N–H and O–H groups in total. The van der Waals surface area contributed by atoms with E-state index in [9.17, 15) is 9.59 Å². The van der Waals surface area contributed by atoms with Crippen LogP contribution in [0, 0.1) is 0 Å². The molecule has 0 spiro atoms. The van der Waals surface area contributed by atoms with E-state index in [2.05, 4.69) is 10.3 Å². The predicted molar refractivity (Wildman–Crippen MR) is 115 cm³/mol. The Balaban J connectivity index is 1.31. The first kappa shape index (κ1) is 20.1. The van der Waals surface area contributed by atoms with Gasteiger partial charge in [0.2, 0.25) is 5.91 Å². The number of rotatable bonds is 8. The van der Waals surface area contributed by atoms with Gasteiger partial charge in [-0.3, -0.25) is 14.2 Å². The first-order valence-electron chi connectivity index (χ1n) is 10.3. The van der Waals surface area contributed by atoms with Crippen molar-refractivity contribution in [1.29, 1.82) is 0 Å². The number of hydrogen-bond donors (Lipinski definition) is 1. The van der Waals surface area contributed by atoms with E-state index in [0.717, 1.165) is 19.4 Å². The van der Waals surface area contributed by atoms with E-state index in [1.807, 2.05) is 42.5 Å². The molecule has 1 aliphatic rings. The van der Waals surface area contributed by atoms with Crippen LogP contribution in [-0.2, 0) is 16.1 Å². The topological polar surface area (TPSA) is 82.5 Å². The zero-order valence-electron chi connectivity index (χ0n) is 16.8. The average molecular weight is 407 g/mol. The number of fused-ring (bicyclic) bond motifs is 1. The van der Waals surface area contributed by atoms with E-state index in [1.54, 1.807) is 10.6 Å². The molecule has 1 atom stereocenters. The van der Waals surface area contributed by atoms with Crippen LogP contribution in [0.2, 0.25) is 0 Å². The van der Waals surface area contributed by atoms with Gasteiger partial charge in [-0.1, -0.05) is 24.3 Å². The second-order valence-electron chi connectivity index (χ2n) is 7.35. The summed E-state index contributed by atoms with van der Waals surface area (Å²) >= 11 is 0. The van der Waals surface area contributed by atoms with E-state index in [4.69, 9.17) is 9.47 Å². The second-order valence-corrected chi connectivity index (χ2v) is 7.35. The van der Waals surface area contributed by atoms with E-state index in [-0.39, 0.29) is 17.6 Å². The smallest absolute Gasteiger partial charge is 0.261 e. The molecule has 0 radical (unpaired) electrons. The molecular formula is C23H25N3O4. The summed E-state index contributed by atoms with van der Waals surface area (Å²) in [6.45, 7) is 1.69. The fraction of sp³-hybridized carbons (Fsp3) is 0.348. The van der Waals surface area contributed by atoms with Gasteiger partial charge in [0.25, 0.3) is 5.56 Å². The Morgan fingerprint density at radius 2 is 2.03 bits per heavy atom. The van der Waals surface area contributed by atoms with Gasteiger partial charge in [-0.15, -0.1) is 0 Å². The maximum Gasteiger partial charge on any atom is 0.261 e. The summed E-state index contributed by atoms with van der Waals surface area (Å²) in [6, 6.07) is 14.6. The van der Waals surface area contributed by atoms with E-state index in [0.29, 0.717) is 48.3 Å². The van der Waals surface area contributed by atoms with Crippen LogP contribution < -0.4 is 15.6 Å². The molecule has 1 fully saturated rings. The third-order valence-corrected chi connectivity index (χ3v) is 5.14. The van der Waals surface area contributed by atoms with Gasteiger partial charge in [-0.05, 0) is 43.5 Å². The summed E-state index contributed by atoms with van der Waals surface area (Å²) in [6.07, 6.45) is 4.53. The number of benzene rings is 2. The third-order valence-electron chi connectivity index (χ3n) is 5.14. The van der Waals surface area contributed by atoms with Crippen molar-refractivity contribution in [1.82, 2.24) is 9.55 Å². The molecule has 30 heavy (non-hydrogen) atoms. The number of anilines is 1. The Hall–Kier alpha value is -3.19. The number of hydrogen-bond acceptors (Lipinski definition) is 5. The number of nitrogens with one attached hydrogen (secondary N) is 1. The molecule has 1 aromatic heterocycles. The van der Waals surface area contributed by atoms with Crippen molar-refractivity contribution in [3.8, 4) is 5.75 Å². The van der Waals surface area contributed by atoms with Crippen LogP contribution in [0.15, 0.2) is 59.7 Å². The molecule has 7 heteroatoms. The SMILES string of the molecule is O=C(CCCn1cnc2ccccc2c1=O)Nc1ccccc1OCC1CCCO1. The van der Waals surface area contributed by atoms with Gasteiger partial charge in [0.1, 0.15) is 12.4 Å². The van der Waals surface area contributed by atoms with Crippen LogP contribution in [0.25, 0.3) is 10.9 Å². The summed E-state index contributed by atoms with van der Waals surface area (Å²) < 4.78 is 13.0. The minimum atomic E-state index is -0.120. The normalized spacial score (nSPS) is 15.9. The molecule has 2 heterocycles. The van der Waals surface area contributed by atoms with Crippen LogP contribution in [0.5, 0.6) is 5.75 Å². The fourth-order valence-corrected chi connectivity index (χ4v) is 3.54. The lowest BCUT2D eigenvalue weighted by molar-refractivity contribution is -0.116. The van der Waals surface area contributed by atoms with E-state index < -0.39 is 0 Å². The highest BCUT2D eigenvalue weighted by Crippen LogP contribution is 2.25. The maximum absolute atomic E-state index is 12.5. The standard InChI is InChI=1S/C23H25N3O4/c27-22(12-5-13-26-16-24-19-9-2-1-8-18(19)23(26)28)25-20-10-3-4-11-21(20)30-15-17-7-6-14-29-17/h1-4,8-11,16-17H,5-7,12-15H2,(H,25,27). The molecule has 0 saturated carbocycles. The summed E-state index contributed by atoms with van der Waals surface area (Å²) in [7, 11) is 0. The fourth-order valence-electron chi connectivity index (χ4n) is 3.54. The number of aryl methyl sites for hydroxylation is 1. The first-order chi connectivity index (χ1) is 14.7. The Kier molecular flexibility index (Phi) is 6.39. The maximum atomic E-state index is 12.5. The van der Waals surface area contributed by atoms with Gasteiger partial charge in [0.15, 0.2) is 0 Å². The van der Waals surface area contributed by atoms with Crippen molar-refractivity contribution < 1.29 is 14.3 Å². The number of carbonyl (C=O) groups excluding carboxylic acids is 1. The molecule has 156 valence electrons. The summed E-state index contributed by atoms with van der Waals surface area (Å²) in [5, 5.41) is 3.49. The minimum Gasteiger partial charge on any atom is -0.489 e. The van der Waals surface area contributed by atoms with Gasteiger partial charge < -0.3 is 14.8 Å². The Morgan fingerprint density at radius 3 is 2.90 bits per heavy atom. The Labute approximate surface area is 174 Å². The van der Waals surface area contributed by atoms with Crippen LogP contribution in [0.4, 0.5) is 5.69 Å². The Bertz CT molecular complexity index is 1070. The summed E-state index contributed by atoms with van der Waals surface area (Å²) in [4.78, 5) is 29.2. The first-order valence-corrected chi connectivity index (χ1v) is 10.3. The molecule has 7 nitrogen and oxygen atoms in total. The number of ether oxygens (including phenoxy) is 2. The van der Waals surface area contributed by atoms with Gasteiger partial charge in [-0.2, -0.15) is 0 Å². The molecule has 0 bridgehead atoms. The Morgan fingerprint density at radius 1 is 1.20 bits per heavy atom. The predicted octanol–water partition coefficient (Wildman–Crippen LogP) is 3.37. The molecule has 3 aromatic rings. The quantitative estimate of drug-likeness (QED) is 0.619. The highest BCUT2D eigenvalue weighted by Gasteiger charge is 2.17. The highest BCUT2D eigenvalue weighted by atomic mass is 16.5. The lowest BCUT2D eigenvalue weighted by atomic mass is 10.2. The third kappa shape index (κ3) is 4.86. The molecule has 2 aromatic carbocycles. The van der Waals surface area contributed by atoms with Crippen molar-refractivity contribution in [3.63, 3.8) is 0 Å². The monoisotopic (exact) mass is 407 g/mol. The minimum absolute atomic E-state index is 0.0890. The molecule has 1 amide bonds. The number of carbonyl (C=O) groups is 1. The van der Waals surface area contributed by atoms with Crippen LogP contribution in [0.1, 0.15) is 25.7 Å². The zero-order valence-corrected chi connectivity index (χ0v) is 16.8. The van der Waals surface area contributed by atoms with Crippen LogP contribution >= 0.6 is 0 Å². The van der Waals surface area contributed by atoms with Gasteiger partial charge >= 0.3 is 0 Å². The molecule has 1 saturated heterocycles. The number of nitrogens with zero attached hydrogens (tertiary/aromatic N) is 2. The van der Waals surface area contributed by atoms with Crippen molar-refractivity contribution in [2.75, 3.05) is 18.5 Å². The largest absolute Gasteiger partial charge is 0.489 e. The molecular weight excluding hydrogens is 382 g/mol. The van der Waals surface area contributed by atoms with Crippen molar-refractivity contribution in [2.24, 2.45) is 0 Å². The molecule has 4 rings (SSSR count). The van der Waals surface area contributed by atoms with Crippen LogP contribution in [-0.4, -0.2) is 34.8 Å². The molecule has 1 unspecified atom stereocenters. The van der Waals surface area contributed by atoms with E-state index in [1.165, 1.54) is 6.33 Å². The molecule has 1 aliphatic heterocycles. The number of aromatic nitrogens is 2. The second kappa shape index (κ2) is 9.54. The highest BCUT2D eigenvalue weighted by molar-refractivity contribution is 5.92.